The van der Waals surface area contributed by atoms with Crippen LogP contribution in [-0.2, 0) is 16.2 Å². The lowest BCUT2D eigenvalue weighted by Crippen LogP contribution is -2.55. The largest absolute Gasteiger partial charge is 0.335 e. The lowest BCUT2D eigenvalue weighted by atomic mass is 9.95. The number of hydrogen-bond donors (Lipinski definition) is 1. The van der Waals surface area contributed by atoms with Gasteiger partial charge in [0.05, 0.1) is 12.2 Å². The van der Waals surface area contributed by atoms with Gasteiger partial charge in [0.15, 0.2) is 4.87 Å². The minimum absolute atomic E-state index is 0.00570. The van der Waals surface area contributed by atoms with E-state index in [-0.39, 0.29) is 18.0 Å². The zero-order valence-corrected chi connectivity index (χ0v) is 17.9. The van der Waals surface area contributed by atoms with Gasteiger partial charge in [0.25, 0.3) is 5.91 Å². The molecule has 1 saturated carbocycles. The van der Waals surface area contributed by atoms with Gasteiger partial charge in [-0.05, 0) is 24.5 Å². The van der Waals surface area contributed by atoms with Gasteiger partial charge in [0.2, 0.25) is 0 Å². The molecule has 5 rings (SSSR count). The maximum Gasteiger partial charge on any atom is 0.319 e. The number of thioether (sulfide) groups is 1. The number of fused-ring (bicyclic) bond motifs is 2. The molecule has 1 atom stereocenters. The highest BCUT2D eigenvalue weighted by Crippen LogP contribution is 2.54. The summed E-state index contributed by atoms with van der Waals surface area (Å²) in [6.07, 6.45) is 5.64. The SMILES string of the molecule is O=C(NC1CCCCC1)N1CCSC12C(=O)N(Cc1ccccc1)c1ccccc12. The molecule has 5 nitrogen and oxygen atoms in total. The molecular weight excluding hydrogens is 394 g/mol. The number of benzene rings is 2. The molecule has 0 radical (unpaired) electrons. The van der Waals surface area contributed by atoms with Gasteiger partial charge in [-0.3, -0.25) is 9.69 Å². The van der Waals surface area contributed by atoms with Crippen LogP contribution in [0.3, 0.4) is 0 Å². The van der Waals surface area contributed by atoms with E-state index in [4.69, 9.17) is 0 Å². The van der Waals surface area contributed by atoms with Gasteiger partial charge < -0.3 is 10.2 Å². The summed E-state index contributed by atoms with van der Waals surface area (Å²) in [4.78, 5) is 29.9. The second-order valence-electron chi connectivity index (χ2n) is 8.32. The summed E-state index contributed by atoms with van der Waals surface area (Å²) in [6.45, 7) is 1.10. The van der Waals surface area contributed by atoms with Crippen molar-refractivity contribution >= 4 is 29.4 Å². The molecule has 3 aliphatic rings. The first-order chi connectivity index (χ1) is 14.7. The molecule has 3 amide bonds. The van der Waals surface area contributed by atoms with Crippen molar-refractivity contribution in [1.29, 1.82) is 0 Å². The summed E-state index contributed by atoms with van der Waals surface area (Å²) in [6, 6.07) is 18.1. The second kappa shape index (κ2) is 7.99. The van der Waals surface area contributed by atoms with Crippen LogP contribution < -0.4 is 10.2 Å². The first-order valence-electron chi connectivity index (χ1n) is 10.9. The summed E-state index contributed by atoms with van der Waals surface area (Å²) in [5.74, 6) is 0.756. The number of anilines is 1. The molecule has 2 aromatic carbocycles. The Morgan fingerprint density at radius 1 is 1.03 bits per heavy atom. The fourth-order valence-electron chi connectivity index (χ4n) is 4.99. The molecule has 1 saturated heterocycles. The van der Waals surface area contributed by atoms with E-state index in [1.54, 1.807) is 16.7 Å². The second-order valence-corrected chi connectivity index (χ2v) is 9.61. The Bertz CT molecular complexity index is 944. The predicted molar refractivity (Wildman–Crippen MR) is 120 cm³/mol. The van der Waals surface area contributed by atoms with Gasteiger partial charge in [-0.1, -0.05) is 67.8 Å². The monoisotopic (exact) mass is 421 g/mol. The molecule has 1 N–H and O–H groups in total. The Kier molecular flexibility index (Phi) is 5.19. The molecule has 156 valence electrons. The molecule has 1 aliphatic carbocycles. The molecule has 6 heteroatoms. The number of rotatable bonds is 3. The highest BCUT2D eigenvalue weighted by atomic mass is 32.2. The van der Waals surface area contributed by atoms with Crippen molar-refractivity contribution in [3.05, 3.63) is 65.7 Å². The Morgan fingerprint density at radius 3 is 2.57 bits per heavy atom. The summed E-state index contributed by atoms with van der Waals surface area (Å²) in [7, 11) is 0. The number of amides is 3. The smallest absolute Gasteiger partial charge is 0.319 e. The standard InChI is InChI=1S/C24H27N3O2S/c28-22-24(27(15-16-30-24)23(29)25-19-11-5-2-6-12-19)20-13-7-8-14-21(20)26(22)17-18-9-3-1-4-10-18/h1,3-4,7-10,13-14,19H,2,5-6,11-12,15-17H2,(H,25,29). The van der Waals surface area contributed by atoms with Crippen LogP contribution in [0.1, 0.15) is 43.2 Å². The van der Waals surface area contributed by atoms with Crippen LogP contribution in [0.25, 0.3) is 0 Å². The van der Waals surface area contributed by atoms with Crippen LogP contribution in [-0.4, -0.2) is 35.2 Å². The average Bonchev–Trinajstić information content (AvgIpc) is 3.33. The van der Waals surface area contributed by atoms with E-state index < -0.39 is 4.87 Å². The topological polar surface area (TPSA) is 52.7 Å². The van der Waals surface area contributed by atoms with E-state index in [9.17, 15) is 9.59 Å². The van der Waals surface area contributed by atoms with Crippen molar-refractivity contribution in [2.24, 2.45) is 0 Å². The lowest BCUT2D eigenvalue weighted by Gasteiger charge is -2.35. The predicted octanol–water partition coefficient (Wildman–Crippen LogP) is 4.48. The fraction of sp³-hybridized carbons (Fsp3) is 0.417. The van der Waals surface area contributed by atoms with Gasteiger partial charge >= 0.3 is 6.03 Å². The van der Waals surface area contributed by atoms with E-state index in [0.29, 0.717) is 13.1 Å². The highest BCUT2D eigenvalue weighted by Gasteiger charge is 2.59. The number of carbonyl (C=O) groups excluding carboxylic acids is 2. The number of urea groups is 1. The van der Waals surface area contributed by atoms with E-state index in [1.807, 2.05) is 59.5 Å². The van der Waals surface area contributed by atoms with Crippen LogP contribution in [0.5, 0.6) is 0 Å². The average molecular weight is 422 g/mol. The van der Waals surface area contributed by atoms with Crippen molar-refractivity contribution in [2.45, 2.75) is 49.6 Å². The van der Waals surface area contributed by atoms with Gasteiger partial charge in [-0.15, -0.1) is 11.8 Å². The van der Waals surface area contributed by atoms with Gasteiger partial charge in [-0.25, -0.2) is 4.79 Å². The number of para-hydroxylation sites is 1. The lowest BCUT2D eigenvalue weighted by molar-refractivity contribution is -0.123. The van der Waals surface area contributed by atoms with E-state index >= 15 is 0 Å². The molecule has 0 bridgehead atoms. The van der Waals surface area contributed by atoms with E-state index in [0.717, 1.165) is 48.3 Å². The van der Waals surface area contributed by atoms with Crippen molar-refractivity contribution in [2.75, 3.05) is 17.2 Å². The van der Waals surface area contributed by atoms with Gasteiger partial charge in [0.1, 0.15) is 0 Å². The molecule has 30 heavy (non-hydrogen) atoms. The summed E-state index contributed by atoms with van der Waals surface area (Å²) in [5, 5.41) is 3.23. The van der Waals surface area contributed by atoms with Crippen LogP contribution in [0.2, 0.25) is 0 Å². The number of nitrogens with one attached hydrogen (secondary N) is 1. The summed E-state index contributed by atoms with van der Waals surface area (Å²) in [5.41, 5.74) is 2.93. The molecule has 1 spiro atoms. The normalized spacial score (nSPS) is 23.8. The molecule has 2 aromatic rings. The first kappa shape index (κ1) is 19.5. The first-order valence-corrected chi connectivity index (χ1v) is 11.9. The molecule has 0 aromatic heterocycles. The maximum absolute atomic E-state index is 13.9. The molecule has 1 unspecified atom stereocenters. The fourth-order valence-corrected chi connectivity index (χ4v) is 6.45. The van der Waals surface area contributed by atoms with Crippen molar-refractivity contribution < 1.29 is 9.59 Å². The van der Waals surface area contributed by atoms with Crippen LogP contribution in [0.4, 0.5) is 10.5 Å². The molecule has 2 fully saturated rings. The minimum Gasteiger partial charge on any atom is -0.335 e. The van der Waals surface area contributed by atoms with E-state index in [1.165, 1.54) is 6.42 Å². The number of hydrogen-bond acceptors (Lipinski definition) is 3. The third-order valence-electron chi connectivity index (χ3n) is 6.46. The Morgan fingerprint density at radius 2 is 1.77 bits per heavy atom. The van der Waals surface area contributed by atoms with Crippen LogP contribution in [0, 0.1) is 0 Å². The summed E-state index contributed by atoms with van der Waals surface area (Å²) < 4.78 is 0. The van der Waals surface area contributed by atoms with Crippen molar-refractivity contribution in [3.63, 3.8) is 0 Å². The van der Waals surface area contributed by atoms with E-state index in [2.05, 4.69) is 5.32 Å². The summed E-state index contributed by atoms with van der Waals surface area (Å²) >= 11 is 1.59. The third kappa shape index (κ3) is 3.18. The Labute approximate surface area is 181 Å². The quantitative estimate of drug-likeness (QED) is 0.795. The zero-order valence-electron chi connectivity index (χ0n) is 17.0. The minimum atomic E-state index is -0.954. The van der Waals surface area contributed by atoms with Gasteiger partial charge in [0, 0.05) is 23.9 Å². The van der Waals surface area contributed by atoms with Crippen LogP contribution >= 0.6 is 11.8 Å². The maximum atomic E-state index is 13.9. The number of nitrogens with zero attached hydrogens (tertiary/aromatic N) is 2. The molecule has 2 aliphatic heterocycles. The molecule has 2 heterocycles. The zero-order chi connectivity index (χ0) is 20.6. The third-order valence-corrected chi connectivity index (χ3v) is 7.88. The Balaban J connectivity index is 1.47. The van der Waals surface area contributed by atoms with Crippen molar-refractivity contribution in [1.82, 2.24) is 10.2 Å². The molecular formula is C24H27N3O2S. The van der Waals surface area contributed by atoms with Crippen molar-refractivity contribution in [3.8, 4) is 0 Å². The highest BCUT2D eigenvalue weighted by molar-refractivity contribution is 8.01. The van der Waals surface area contributed by atoms with Gasteiger partial charge in [-0.2, -0.15) is 0 Å². The van der Waals surface area contributed by atoms with Crippen LogP contribution in [0.15, 0.2) is 54.6 Å². The Hall–Kier alpha value is -2.47. The number of carbonyl (C=O) groups is 2.